The Bertz CT molecular complexity index is 1470. The molecule has 172 valence electrons. The molecule has 5 rings (SSSR count). The number of fused-ring (bicyclic) bond motifs is 2. The molecule has 8 nitrogen and oxygen atoms in total. The summed E-state index contributed by atoms with van der Waals surface area (Å²) in [4.78, 5) is 30.8. The van der Waals surface area contributed by atoms with Crippen molar-refractivity contribution in [2.75, 3.05) is 0 Å². The van der Waals surface area contributed by atoms with Crippen LogP contribution in [0.15, 0.2) is 91.0 Å². The zero-order valence-electron chi connectivity index (χ0n) is 18.6. The molecule has 0 spiro atoms. The largest absolute Gasteiger partial charge is 0.270 e. The molecular formula is C27H20N4O4. The molecule has 0 unspecified atom stereocenters. The Balaban J connectivity index is 1.45. The van der Waals surface area contributed by atoms with Crippen molar-refractivity contribution < 1.29 is 9.85 Å². The van der Waals surface area contributed by atoms with Gasteiger partial charge in [-0.1, -0.05) is 42.5 Å². The van der Waals surface area contributed by atoms with E-state index in [9.17, 15) is 20.2 Å². The molecule has 0 fully saturated rings. The van der Waals surface area contributed by atoms with E-state index < -0.39 is 9.85 Å². The van der Waals surface area contributed by atoms with Crippen LogP contribution in [-0.4, -0.2) is 19.8 Å². The summed E-state index contributed by atoms with van der Waals surface area (Å²) in [5, 5.41) is 23.6. The van der Waals surface area contributed by atoms with Crippen LogP contribution in [0.2, 0.25) is 0 Å². The predicted molar refractivity (Wildman–Crippen MR) is 133 cm³/mol. The van der Waals surface area contributed by atoms with Gasteiger partial charge in [0.05, 0.1) is 20.9 Å². The van der Waals surface area contributed by atoms with Gasteiger partial charge in [-0.2, -0.15) is 0 Å². The zero-order valence-corrected chi connectivity index (χ0v) is 18.6. The number of hydrogen-bond acceptors (Lipinski definition) is 6. The number of nitro groups is 2. The highest BCUT2D eigenvalue weighted by Gasteiger charge is 2.17. The molecule has 0 aliphatic rings. The summed E-state index contributed by atoms with van der Waals surface area (Å²) in [6, 6.07) is 27.1. The highest BCUT2D eigenvalue weighted by atomic mass is 16.6. The first-order chi connectivity index (χ1) is 17.0. The Labute approximate surface area is 200 Å². The van der Waals surface area contributed by atoms with Crippen molar-refractivity contribution in [2.24, 2.45) is 0 Å². The third-order valence-corrected chi connectivity index (χ3v) is 6.06. The number of nitro benzene ring substituents is 2. The van der Waals surface area contributed by atoms with E-state index in [1.54, 1.807) is 12.1 Å². The van der Waals surface area contributed by atoms with Gasteiger partial charge in [0.15, 0.2) is 0 Å². The molecule has 35 heavy (non-hydrogen) atoms. The normalized spacial score (nSPS) is 11.2. The molecule has 0 N–H and O–H groups in total. The van der Waals surface area contributed by atoms with Crippen molar-refractivity contribution in [1.29, 1.82) is 0 Å². The first kappa shape index (κ1) is 22.1. The van der Waals surface area contributed by atoms with Crippen LogP contribution in [0.3, 0.4) is 0 Å². The van der Waals surface area contributed by atoms with Crippen molar-refractivity contribution in [3.05, 3.63) is 128 Å². The number of aromatic nitrogens is 2. The number of non-ortho nitro benzene ring substituents is 2. The van der Waals surface area contributed by atoms with E-state index in [0.29, 0.717) is 23.9 Å². The zero-order chi connectivity index (χ0) is 24.4. The molecule has 0 saturated heterocycles. The van der Waals surface area contributed by atoms with Gasteiger partial charge in [0.2, 0.25) is 0 Å². The molecule has 0 bridgehead atoms. The minimum atomic E-state index is -0.409. The topological polar surface area (TPSA) is 112 Å². The smallest absolute Gasteiger partial charge is 0.258 e. The van der Waals surface area contributed by atoms with E-state index in [1.165, 1.54) is 24.3 Å². The summed E-state index contributed by atoms with van der Waals surface area (Å²) in [6.07, 6.45) is 1.33. The lowest BCUT2D eigenvalue weighted by Gasteiger charge is -2.17. The quantitative estimate of drug-likeness (QED) is 0.210. The Hall–Kier alpha value is -4.72. The fraction of sp³-hybridized carbons (Fsp3) is 0.111. The van der Waals surface area contributed by atoms with E-state index in [-0.39, 0.29) is 17.3 Å². The monoisotopic (exact) mass is 464 g/mol. The Morgan fingerprint density at radius 2 is 1.11 bits per heavy atom. The van der Waals surface area contributed by atoms with Gasteiger partial charge in [0.25, 0.3) is 11.4 Å². The molecular weight excluding hydrogens is 444 g/mol. The fourth-order valence-corrected chi connectivity index (χ4v) is 4.30. The van der Waals surface area contributed by atoms with Crippen LogP contribution >= 0.6 is 0 Å². The Morgan fingerprint density at radius 1 is 0.629 bits per heavy atom. The number of rotatable bonds is 7. The van der Waals surface area contributed by atoms with E-state index in [2.05, 4.69) is 12.1 Å². The van der Waals surface area contributed by atoms with Crippen LogP contribution in [0.25, 0.3) is 21.8 Å². The second kappa shape index (κ2) is 9.26. The molecule has 5 aromatic rings. The molecule has 0 aliphatic heterocycles. The van der Waals surface area contributed by atoms with E-state index >= 15 is 0 Å². The maximum absolute atomic E-state index is 11.1. The Morgan fingerprint density at radius 3 is 1.57 bits per heavy atom. The van der Waals surface area contributed by atoms with Crippen LogP contribution in [0, 0.1) is 20.2 Å². The molecule has 0 saturated carbocycles. The minimum Gasteiger partial charge on any atom is -0.258 e. The average Bonchev–Trinajstić information content (AvgIpc) is 2.88. The molecule has 0 atom stereocenters. The number of nitrogens with zero attached hydrogens (tertiary/aromatic N) is 4. The van der Waals surface area contributed by atoms with Gasteiger partial charge < -0.3 is 0 Å². The molecule has 2 heterocycles. The average molecular weight is 464 g/mol. The van der Waals surface area contributed by atoms with E-state index in [1.807, 2.05) is 42.5 Å². The summed E-state index contributed by atoms with van der Waals surface area (Å²) in [5.41, 5.74) is 4.44. The molecule has 8 heteroatoms. The summed E-state index contributed by atoms with van der Waals surface area (Å²) in [5.74, 6) is 0.0993. The summed E-state index contributed by atoms with van der Waals surface area (Å²) in [7, 11) is 0. The minimum absolute atomic E-state index is 0.0434. The number of hydrogen-bond donors (Lipinski definition) is 0. The third-order valence-electron chi connectivity index (χ3n) is 6.06. The van der Waals surface area contributed by atoms with Gasteiger partial charge in [-0.3, -0.25) is 30.2 Å². The van der Waals surface area contributed by atoms with Gasteiger partial charge in [-0.05, 0) is 48.6 Å². The molecule has 0 amide bonds. The van der Waals surface area contributed by atoms with Crippen LogP contribution in [-0.2, 0) is 12.8 Å². The first-order valence-electron chi connectivity index (χ1n) is 11.1. The SMILES string of the molecule is O=[N+]([O-])c1ccc2nc(CC(Cc3ccc4cc([N+](=O)[O-])ccc4n3)c3ccccc3)ccc2c1. The van der Waals surface area contributed by atoms with Crippen molar-refractivity contribution in [1.82, 2.24) is 9.97 Å². The standard InChI is InChI=1S/C27H20N4O4/c32-30(33)24-10-12-26-19(16-24)6-8-22(28-26)14-21(18-4-2-1-3-5-18)15-23-9-7-20-17-25(31(34)35)11-13-27(20)29-23/h1-13,16-17,21H,14-15H2. The molecule has 0 aliphatic carbocycles. The Kier molecular flexibility index (Phi) is 5.85. The third kappa shape index (κ3) is 4.81. The number of benzene rings is 3. The van der Waals surface area contributed by atoms with Crippen molar-refractivity contribution in [3.63, 3.8) is 0 Å². The van der Waals surface area contributed by atoms with Gasteiger partial charge in [-0.15, -0.1) is 0 Å². The first-order valence-corrected chi connectivity index (χ1v) is 11.1. The van der Waals surface area contributed by atoms with Crippen LogP contribution in [0.5, 0.6) is 0 Å². The molecule has 0 radical (unpaired) electrons. The fourth-order valence-electron chi connectivity index (χ4n) is 4.30. The number of pyridine rings is 2. The lowest BCUT2D eigenvalue weighted by molar-refractivity contribution is -0.384. The van der Waals surface area contributed by atoms with Crippen molar-refractivity contribution in [2.45, 2.75) is 18.8 Å². The summed E-state index contributed by atoms with van der Waals surface area (Å²) < 4.78 is 0. The summed E-state index contributed by atoms with van der Waals surface area (Å²) in [6.45, 7) is 0. The highest BCUT2D eigenvalue weighted by molar-refractivity contribution is 5.82. The van der Waals surface area contributed by atoms with Crippen molar-refractivity contribution in [3.8, 4) is 0 Å². The van der Waals surface area contributed by atoms with Gasteiger partial charge in [0, 0.05) is 46.4 Å². The predicted octanol–water partition coefficient (Wildman–Crippen LogP) is 6.17. The maximum atomic E-state index is 11.1. The van der Waals surface area contributed by atoms with Crippen LogP contribution in [0.1, 0.15) is 22.9 Å². The van der Waals surface area contributed by atoms with Crippen LogP contribution in [0.4, 0.5) is 11.4 Å². The second-order valence-electron chi connectivity index (χ2n) is 8.39. The van der Waals surface area contributed by atoms with Gasteiger partial charge in [0.1, 0.15) is 0 Å². The lowest BCUT2D eigenvalue weighted by Crippen LogP contribution is -2.09. The van der Waals surface area contributed by atoms with Gasteiger partial charge in [-0.25, -0.2) is 0 Å². The highest BCUT2D eigenvalue weighted by Crippen LogP contribution is 2.27. The van der Waals surface area contributed by atoms with E-state index in [0.717, 1.165) is 27.7 Å². The van der Waals surface area contributed by atoms with Gasteiger partial charge >= 0.3 is 0 Å². The second-order valence-corrected chi connectivity index (χ2v) is 8.39. The van der Waals surface area contributed by atoms with E-state index in [4.69, 9.17) is 9.97 Å². The lowest BCUT2D eigenvalue weighted by atomic mass is 9.89. The molecule has 3 aromatic carbocycles. The summed E-state index contributed by atoms with van der Waals surface area (Å²) >= 11 is 0. The van der Waals surface area contributed by atoms with Crippen LogP contribution < -0.4 is 0 Å². The molecule has 2 aromatic heterocycles. The van der Waals surface area contributed by atoms with Crippen molar-refractivity contribution >= 4 is 33.2 Å². The maximum Gasteiger partial charge on any atom is 0.270 e.